The molecule has 0 amide bonds. The average molecular weight is 405 g/mol. The summed E-state index contributed by atoms with van der Waals surface area (Å²) in [5.41, 5.74) is 0. The Balaban J connectivity index is 1.19. The minimum absolute atomic E-state index is 0.411. The van der Waals surface area contributed by atoms with Gasteiger partial charge in [-0.3, -0.25) is 0 Å². The lowest BCUT2D eigenvalue weighted by atomic mass is 9.62. The maximum absolute atomic E-state index is 15.2. The van der Waals surface area contributed by atoms with E-state index >= 15 is 4.39 Å². The van der Waals surface area contributed by atoms with Crippen molar-refractivity contribution in [1.29, 1.82) is 0 Å². The largest absolute Gasteiger partial charge is 0.247 e. The van der Waals surface area contributed by atoms with Crippen LogP contribution in [0, 0.1) is 47.3 Å². The molecule has 0 saturated heterocycles. The maximum atomic E-state index is 15.2. The summed E-state index contributed by atoms with van der Waals surface area (Å²) in [5, 5.41) is 0. The van der Waals surface area contributed by atoms with Gasteiger partial charge in [-0.2, -0.15) is 0 Å². The van der Waals surface area contributed by atoms with Crippen LogP contribution in [0.4, 0.5) is 4.39 Å². The van der Waals surface area contributed by atoms with Gasteiger partial charge >= 0.3 is 0 Å². The van der Waals surface area contributed by atoms with Crippen molar-refractivity contribution in [1.82, 2.24) is 0 Å². The van der Waals surface area contributed by atoms with Crippen LogP contribution in [0.1, 0.15) is 123 Å². The molecular formula is C28H49F. The summed E-state index contributed by atoms with van der Waals surface area (Å²) in [6.45, 7) is 4.73. The molecule has 0 aromatic rings. The lowest BCUT2D eigenvalue weighted by Gasteiger charge is -2.44. The van der Waals surface area contributed by atoms with Gasteiger partial charge in [0.05, 0.1) is 0 Å². The number of halogens is 1. The summed E-state index contributed by atoms with van der Waals surface area (Å²) in [5.74, 6) is 6.65. The fourth-order valence-electron chi connectivity index (χ4n) is 8.29. The second-order valence-electron chi connectivity index (χ2n) is 12.0. The minimum atomic E-state index is -0.487. The van der Waals surface area contributed by atoms with Gasteiger partial charge in [0.25, 0.3) is 0 Å². The predicted molar refractivity (Wildman–Crippen MR) is 123 cm³/mol. The SMILES string of the molecule is CCCC1CCC(C2CCC(C3CCC(C4CCC(C)CC4)C(F)C3)CC2)CC1. The zero-order chi connectivity index (χ0) is 20.2. The number of hydrogen-bond donors (Lipinski definition) is 0. The molecule has 0 spiro atoms. The molecule has 29 heavy (non-hydrogen) atoms. The van der Waals surface area contributed by atoms with E-state index in [0.717, 1.165) is 36.0 Å². The molecule has 0 radical (unpaired) electrons. The van der Waals surface area contributed by atoms with Gasteiger partial charge in [0.2, 0.25) is 0 Å². The molecule has 4 saturated carbocycles. The van der Waals surface area contributed by atoms with Crippen LogP contribution in [-0.2, 0) is 0 Å². The lowest BCUT2D eigenvalue weighted by Crippen LogP contribution is -2.37. The van der Waals surface area contributed by atoms with E-state index in [9.17, 15) is 0 Å². The molecule has 0 bridgehead atoms. The van der Waals surface area contributed by atoms with Crippen molar-refractivity contribution >= 4 is 0 Å². The monoisotopic (exact) mass is 404 g/mol. The third kappa shape index (κ3) is 5.60. The minimum Gasteiger partial charge on any atom is -0.247 e. The van der Waals surface area contributed by atoms with E-state index in [1.807, 2.05) is 0 Å². The molecule has 4 aliphatic carbocycles. The van der Waals surface area contributed by atoms with Crippen molar-refractivity contribution in [2.75, 3.05) is 0 Å². The van der Waals surface area contributed by atoms with Crippen LogP contribution in [0.25, 0.3) is 0 Å². The molecule has 168 valence electrons. The van der Waals surface area contributed by atoms with E-state index in [4.69, 9.17) is 0 Å². The van der Waals surface area contributed by atoms with Crippen LogP contribution >= 0.6 is 0 Å². The Morgan fingerprint density at radius 3 is 1.62 bits per heavy atom. The van der Waals surface area contributed by atoms with Gasteiger partial charge < -0.3 is 0 Å². The third-order valence-corrected chi connectivity index (χ3v) is 10.3. The van der Waals surface area contributed by atoms with E-state index < -0.39 is 6.17 Å². The first kappa shape index (κ1) is 22.1. The quantitative estimate of drug-likeness (QED) is 0.429. The van der Waals surface area contributed by atoms with Gasteiger partial charge in [0.1, 0.15) is 6.17 Å². The summed E-state index contributed by atoms with van der Waals surface area (Å²) in [6.07, 6.45) is 22.9. The zero-order valence-electron chi connectivity index (χ0n) is 19.6. The molecule has 4 rings (SSSR count). The van der Waals surface area contributed by atoms with Crippen LogP contribution < -0.4 is 0 Å². The van der Waals surface area contributed by atoms with Crippen LogP contribution in [0.3, 0.4) is 0 Å². The Morgan fingerprint density at radius 2 is 1.07 bits per heavy atom. The van der Waals surface area contributed by atoms with E-state index in [1.54, 1.807) is 0 Å². The summed E-state index contributed by atoms with van der Waals surface area (Å²) in [4.78, 5) is 0. The second-order valence-corrected chi connectivity index (χ2v) is 12.0. The third-order valence-electron chi connectivity index (χ3n) is 10.3. The zero-order valence-corrected chi connectivity index (χ0v) is 19.6. The van der Waals surface area contributed by atoms with Crippen molar-refractivity contribution in [2.45, 2.75) is 129 Å². The second kappa shape index (κ2) is 10.5. The lowest BCUT2D eigenvalue weighted by molar-refractivity contribution is 0.0294. The van der Waals surface area contributed by atoms with Crippen molar-refractivity contribution < 1.29 is 4.39 Å². The Morgan fingerprint density at radius 1 is 0.586 bits per heavy atom. The van der Waals surface area contributed by atoms with Gasteiger partial charge in [0.15, 0.2) is 0 Å². The van der Waals surface area contributed by atoms with Crippen LogP contribution in [-0.4, -0.2) is 6.17 Å². The predicted octanol–water partition coefficient (Wildman–Crippen LogP) is 8.98. The van der Waals surface area contributed by atoms with Gasteiger partial charge in [-0.25, -0.2) is 4.39 Å². The molecule has 1 heteroatoms. The first-order chi connectivity index (χ1) is 14.1. The standard InChI is InChI=1S/C28H49F/c1-3-4-21-7-11-22(12-8-21)23-13-15-24(16-14-23)26-17-18-27(28(29)19-26)25-9-5-20(2)6-10-25/h20-28H,3-19H2,1-2H3. The highest BCUT2D eigenvalue weighted by molar-refractivity contribution is 4.91. The fraction of sp³-hybridized carbons (Fsp3) is 1.00. The first-order valence-electron chi connectivity index (χ1n) is 13.8. The number of hydrogen-bond acceptors (Lipinski definition) is 0. The Bertz CT molecular complexity index is 463. The van der Waals surface area contributed by atoms with Crippen LogP contribution in [0.15, 0.2) is 0 Å². The molecule has 0 aromatic heterocycles. The maximum Gasteiger partial charge on any atom is 0.103 e. The van der Waals surface area contributed by atoms with Crippen LogP contribution in [0.2, 0.25) is 0 Å². The van der Waals surface area contributed by atoms with Gasteiger partial charge in [-0.15, -0.1) is 0 Å². The molecule has 0 N–H and O–H groups in total. The van der Waals surface area contributed by atoms with Gasteiger partial charge in [0, 0.05) is 0 Å². The Kier molecular flexibility index (Phi) is 8.01. The molecule has 0 aliphatic heterocycles. The van der Waals surface area contributed by atoms with Gasteiger partial charge in [-0.05, 0) is 118 Å². The van der Waals surface area contributed by atoms with Crippen molar-refractivity contribution in [3.63, 3.8) is 0 Å². The van der Waals surface area contributed by atoms with Crippen molar-refractivity contribution in [3.8, 4) is 0 Å². The smallest absolute Gasteiger partial charge is 0.103 e. The fourth-order valence-corrected chi connectivity index (χ4v) is 8.29. The molecule has 3 unspecified atom stereocenters. The highest BCUT2D eigenvalue weighted by atomic mass is 19.1. The van der Waals surface area contributed by atoms with E-state index in [2.05, 4.69) is 13.8 Å². The summed E-state index contributed by atoms with van der Waals surface area (Å²) >= 11 is 0. The average Bonchev–Trinajstić information content (AvgIpc) is 2.75. The Hall–Kier alpha value is -0.0700. The van der Waals surface area contributed by atoms with E-state index in [1.165, 1.54) is 103 Å². The first-order valence-corrected chi connectivity index (χ1v) is 13.8. The molecule has 0 nitrogen and oxygen atoms in total. The molecule has 0 aromatic carbocycles. The summed E-state index contributed by atoms with van der Waals surface area (Å²) in [7, 11) is 0. The normalized spacial score (nSPS) is 47.1. The molecule has 4 aliphatic rings. The number of rotatable bonds is 5. The molecular weight excluding hydrogens is 355 g/mol. The summed E-state index contributed by atoms with van der Waals surface area (Å²) < 4.78 is 15.2. The number of alkyl halides is 1. The molecule has 3 atom stereocenters. The molecule has 0 heterocycles. The van der Waals surface area contributed by atoms with Crippen molar-refractivity contribution in [2.24, 2.45) is 47.3 Å². The highest BCUT2D eigenvalue weighted by Crippen LogP contribution is 2.49. The molecule has 4 fully saturated rings. The summed E-state index contributed by atoms with van der Waals surface area (Å²) in [6, 6.07) is 0. The van der Waals surface area contributed by atoms with Crippen molar-refractivity contribution in [3.05, 3.63) is 0 Å². The van der Waals surface area contributed by atoms with Crippen LogP contribution in [0.5, 0.6) is 0 Å². The topological polar surface area (TPSA) is 0 Å². The highest BCUT2D eigenvalue weighted by Gasteiger charge is 2.40. The van der Waals surface area contributed by atoms with E-state index in [0.29, 0.717) is 17.8 Å². The van der Waals surface area contributed by atoms with Gasteiger partial charge in [-0.1, -0.05) is 52.4 Å². The van der Waals surface area contributed by atoms with E-state index in [-0.39, 0.29) is 0 Å². The Labute approximate surface area is 181 Å².